The van der Waals surface area contributed by atoms with Crippen molar-refractivity contribution >= 4 is 21.5 Å². The van der Waals surface area contributed by atoms with Crippen molar-refractivity contribution in [2.24, 2.45) is 0 Å². The topological polar surface area (TPSA) is 83.5 Å². The molecule has 0 aliphatic carbocycles. The van der Waals surface area contributed by atoms with E-state index in [-0.39, 0.29) is 23.2 Å². The number of benzene rings is 1. The third-order valence-corrected chi connectivity index (χ3v) is 4.59. The number of halogens is 1. The van der Waals surface area contributed by atoms with Gasteiger partial charge in [-0.15, -0.1) is 0 Å². The normalized spacial score (nSPS) is 21.7. The van der Waals surface area contributed by atoms with E-state index in [1.807, 2.05) is 0 Å². The number of carboxylic acid groups (broad SMARTS) is 1. The van der Waals surface area contributed by atoms with Crippen molar-refractivity contribution in [3.05, 3.63) is 29.6 Å². The van der Waals surface area contributed by atoms with Crippen LogP contribution in [0, 0.1) is 5.82 Å². The molecule has 2 N–H and O–H groups in total. The lowest BCUT2D eigenvalue weighted by atomic mass is 10.1. The second kappa shape index (κ2) is 4.56. The molecule has 1 unspecified atom stereocenters. The molecule has 0 amide bonds. The second-order valence-corrected chi connectivity index (χ2v) is 6.44. The summed E-state index contributed by atoms with van der Waals surface area (Å²) >= 11 is 0. The summed E-state index contributed by atoms with van der Waals surface area (Å²) in [5, 5.41) is 11.7. The van der Waals surface area contributed by atoms with Crippen LogP contribution in [0.5, 0.6) is 0 Å². The van der Waals surface area contributed by atoms with E-state index < -0.39 is 27.2 Å². The van der Waals surface area contributed by atoms with Crippen molar-refractivity contribution in [1.82, 2.24) is 0 Å². The van der Waals surface area contributed by atoms with E-state index in [0.717, 1.165) is 6.07 Å². The van der Waals surface area contributed by atoms with Gasteiger partial charge >= 0.3 is 5.97 Å². The van der Waals surface area contributed by atoms with Gasteiger partial charge in [0.05, 0.1) is 17.2 Å². The van der Waals surface area contributed by atoms with Crippen LogP contribution in [0.3, 0.4) is 0 Å². The predicted octanol–water partition coefficient (Wildman–Crippen LogP) is 1.12. The quantitative estimate of drug-likeness (QED) is 0.862. The van der Waals surface area contributed by atoms with E-state index in [2.05, 4.69) is 5.32 Å². The molecule has 18 heavy (non-hydrogen) atoms. The Labute approximate surface area is 104 Å². The van der Waals surface area contributed by atoms with E-state index in [4.69, 9.17) is 5.11 Å². The highest BCUT2D eigenvalue weighted by Crippen LogP contribution is 2.23. The van der Waals surface area contributed by atoms with Gasteiger partial charge in [-0.3, -0.25) is 0 Å². The number of rotatable bonds is 3. The number of sulfone groups is 1. The average molecular weight is 273 g/mol. The van der Waals surface area contributed by atoms with Gasteiger partial charge in [-0.25, -0.2) is 17.6 Å². The average Bonchev–Trinajstić information content (AvgIpc) is 2.57. The summed E-state index contributed by atoms with van der Waals surface area (Å²) in [6.07, 6.45) is 0.401. The Morgan fingerprint density at radius 2 is 2.17 bits per heavy atom. The molecular weight excluding hydrogens is 261 g/mol. The molecule has 98 valence electrons. The van der Waals surface area contributed by atoms with Gasteiger partial charge in [0, 0.05) is 6.04 Å². The Hall–Kier alpha value is -1.63. The summed E-state index contributed by atoms with van der Waals surface area (Å²) in [5.41, 5.74) is -0.341. The molecule has 1 aliphatic heterocycles. The maximum absolute atomic E-state index is 13.4. The van der Waals surface area contributed by atoms with Crippen molar-refractivity contribution in [2.45, 2.75) is 12.5 Å². The van der Waals surface area contributed by atoms with Crippen molar-refractivity contribution < 1.29 is 22.7 Å². The fourth-order valence-corrected chi connectivity index (χ4v) is 3.66. The second-order valence-electron chi connectivity index (χ2n) is 4.21. The zero-order valence-electron chi connectivity index (χ0n) is 9.39. The molecule has 1 aromatic rings. The molecule has 0 bridgehead atoms. The Kier molecular flexibility index (Phi) is 3.25. The van der Waals surface area contributed by atoms with E-state index in [1.54, 1.807) is 0 Å². The van der Waals surface area contributed by atoms with E-state index in [1.165, 1.54) is 12.1 Å². The molecule has 0 radical (unpaired) electrons. The highest BCUT2D eigenvalue weighted by Gasteiger charge is 2.29. The fourth-order valence-electron chi connectivity index (χ4n) is 1.99. The molecule has 1 heterocycles. The SMILES string of the molecule is O=C(O)c1c(F)cccc1NC1CCS(=O)(=O)C1. The van der Waals surface area contributed by atoms with Gasteiger partial charge in [-0.2, -0.15) is 0 Å². The van der Waals surface area contributed by atoms with Gasteiger partial charge in [0.25, 0.3) is 0 Å². The van der Waals surface area contributed by atoms with Gasteiger partial charge in [0.15, 0.2) is 9.84 Å². The Morgan fingerprint density at radius 1 is 1.44 bits per heavy atom. The van der Waals surface area contributed by atoms with Gasteiger partial charge in [-0.05, 0) is 18.6 Å². The molecule has 1 aliphatic rings. The summed E-state index contributed by atoms with van der Waals surface area (Å²) in [5.74, 6) is -2.20. The molecule has 0 saturated carbocycles. The number of aromatic carboxylic acids is 1. The molecule has 0 aromatic heterocycles. The minimum Gasteiger partial charge on any atom is -0.478 e. The minimum atomic E-state index is -3.06. The first-order valence-corrected chi connectivity index (χ1v) is 7.20. The first-order valence-electron chi connectivity index (χ1n) is 5.38. The van der Waals surface area contributed by atoms with Crippen molar-refractivity contribution in [1.29, 1.82) is 0 Å². The highest BCUT2D eigenvalue weighted by molar-refractivity contribution is 7.91. The molecular formula is C11H12FNO4S. The molecule has 1 aromatic carbocycles. The van der Waals surface area contributed by atoms with Crippen LogP contribution in [-0.4, -0.2) is 37.0 Å². The summed E-state index contributed by atoms with van der Waals surface area (Å²) < 4.78 is 36.0. The number of carbonyl (C=O) groups is 1. The first kappa shape index (κ1) is 12.8. The standard InChI is InChI=1S/C11H12FNO4S/c12-8-2-1-3-9(10(8)11(14)15)13-7-4-5-18(16,17)6-7/h1-3,7,13H,4-6H2,(H,14,15). The van der Waals surface area contributed by atoms with Crippen LogP contribution in [-0.2, 0) is 9.84 Å². The van der Waals surface area contributed by atoms with E-state index in [0.29, 0.717) is 6.42 Å². The van der Waals surface area contributed by atoms with Crippen LogP contribution in [0.2, 0.25) is 0 Å². The smallest absolute Gasteiger partial charge is 0.340 e. The van der Waals surface area contributed by atoms with Gasteiger partial charge < -0.3 is 10.4 Å². The first-order chi connectivity index (χ1) is 8.39. The van der Waals surface area contributed by atoms with Crippen LogP contribution in [0.15, 0.2) is 18.2 Å². The zero-order valence-corrected chi connectivity index (χ0v) is 10.2. The molecule has 1 fully saturated rings. The largest absolute Gasteiger partial charge is 0.478 e. The number of hydrogen-bond acceptors (Lipinski definition) is 4. The van der Waals surface area contributed by atoms with Crippen molar-refractivity contribution in [2.75, 3.05) is 16.8 Å². The third-order valence-electron chi connectivity index (χ3n) is 2.82. The van der Waals surface area contributed by atoms with Crippen molar-refractivity contribution in [3.63, 3.8) is 0 Å². The summed E-state index contributed by atoms with van der Waals surface area (Å²) in [6, 6.07) is 3.50. The van der Waals surface area contributed by atoms with Crippen LogP contribution < -0.4 is 5.32 Å². The predicted molar refractivity (Wildman–Crippen MR) is 64.0 cm³/mol. The Bertz CT molecular complexity index is 585. The maximum Gasteiger partial charge on any atom is 0.340 e. The fraction of sp³-hybridized carbons (Fsp3) is 0.364. The molecule has 5 nitrogen and oxygen atoms in total. The van der Waals surface area contributed by atoms with Gasteiger partial charge in [0.1, 0.15) is 11.4 Å². The minimum absolute atomic E-state index is 0.0530. The number of anilines is 1. The third kappa shape index (κ3) is 2.61. The Balaban J connectivity index is 2.25. The monoisotopic (exact) mass is 273 g/mol. The lowest BCUT2D eigenvalue weighted by Crippen LogP contribution is -2.22. The molecule has 1 saturated heterocycles. The van der Waals surface area contributed by atoms with Gasteiger partial charge in [0.2, 0.25) is 0 Å². The van der Waals surface area contributed by atoms with Crippen LogP contribution in [0.25, 0.3) is 0 Å². The lowest BCUT2D eigenvalue weighted by molar-refractivity contribution is 0.0693. The van der Waals surface area contributed by atoms with E-state index in [9.17, 15) is 17.6 Å². The van der Waals surface area contributed by atoms with E-state index >= 15 is 0 Å². The molecule has 7 heteroatoms. The number of carboxylic acids is 1. The van der Waals surface area contributed by atoms with Crippen molar-refractivity contribution in [3.8, 4) is 0 Å². The molecule has 0 spiro atoms. The summed E-state index contributed by atoms with van der Waals surface area (Å²) in [4.78, 5) is 10.9. The molecule has 1 atom stereocenters. The highest BCUT2D eigenvalue weighted by atomic mass is 32.2. The Morgan fingerprint density at radius 3 is 2.72 bits per heavy atom. The molecule has 2 rings (SSSR count). The van der Waals surface area contributed by atoms with Gasteiger partial charge in [-0.1, -0.05) is 6.07 Å². The number of nitrogens with one attached hydrogen (secondary N) is 1. The maximum atomic E-state index is 13.4. The number of hydrogen-bond donors (Lipinski definition) is 2. The van der Waals surface area contributed by atoms with Crippen LogP contribution in [0.4, 0.5) is 10.1 Å². The van der Waals surface area contributed by atoms with Crippen LogP contribution >= 0.6 is 0 Å². The summed E-state index contributed by atoms with van der Waals surface area (Å²) in [6.45, 7) is 0. The summed E-state index contributed by atoms with van der Waals surface area (Å²) in [7, 11) is -3.06. The lowest BCUT2D eigenvalue weighted by Gasteiger charge is -2.14. The van der Waals surface area contributed by atoms with Crippen LogP contribution in [0.1, 0.15) is 16.8 Å². The zero-order chi connectivity index (χ0) is 13.3.